The van der Waals surface area contributed by atoms with Crippen molar-refractivity contribution in [3.05, 3.63) is 60.4 Å². The Labute approximate surface area is 164 Å². The van der Waals surface area contributed by atoms with Crippen molar-refractivity contribution in [1.82, 2.24) is 25.6 Å². The Morgan fingerprint density at radius 2 is 2.04 bits per heavy atom. The molecule has 1 aliphatic rings. The van der Waals surface area contributed by atoms with Crippen LogP contribution in [-0.2, 0) is 10.2 Å². The van der Waals surface area contributed by atoms with Gasteiger partial charge in [-0.3, -0.25) is 0 Å². The molecule has 2 N–H and O–H groups in total. The fourth-order valence-electron chi connectivity index (χ4n) is 3.57. The molecule has 7 heteroatoms. The van der Waals surface area contributed by atoms with E-state index in [1.807, 2.05) is 12.1 Å². The fourth-order valence-corrected chi connectivity index (χ4v) is 3.57. The van der Waals surface area contributed by atoms with Gasteiger partial charge < -0.3 is 15.4 Å². The van der Waals surface area contributed by atoms with E-state index >= 15 is 0 Å². The predicted molar refractivity (Wildman–Crippen MR) is 107 cm³/mol. The minimum Gasteiger partial charge on any atom is -0.377 e. The number of fused-ring (bicyclic) bond motifs is 1. The maximum absolute atomic E-state index is 12.5. The Morgan fingerprint density at radius 1 is 1.21 bits per heavy atom. The molecule has 146 valence electrons. The van der Waals surface area contributed by atoms with Crippen LogP contribution in [0.4, 0.5) is 4.79 Å². The Kier molecular flexibility index (Phi) is 5.00. The molecule has 4 rings (SSSR count). The van der Waals surface area contributed by atoms with E-state index in [1.54, 1.807) is 17.1 Å². The molecule has 0 unspecified atom stereocenters. The summed E-state index contributed by atoms with van der Waals surface area (Å²) in [7, 11) is 0. The van der Waals surface area contributed by atoms with E-state index in [1.165, 1.54) is 16.3 Å². The molecule has 28 heavy (non-hydrogen) atoms. The summed E-state index contributed by atoms with van der Waals surface area (Å²) in [4.78, 5) is 12.5. The van der Waals surface area contributed by atoms with Gasteiger partial charge in [0, 0.05) is 18.2 Å². The minimum atomic E-state index is -0.200. The van der Waals surface area contributed by atoms with Gasteiger partial charge in [0.2, 0.25) is 0 Å². The van der Waals surface area contributed by atoms with Crippen molar-refractivity contribution in [3.8, 4) is 0 Å². The largest absolute Gasteiger partial charge is 0.377 e. The highest BCUT2D eigenvalue weighted by molar-refractivity contribution is 5.83. The molecule has 3 aromatic rings. The average molecular weight is 379 g/mol. The third-order valence-corrected chi connectivity index (χ3v) is 5.37. The zero-order valence-corrected chi connectivity index (χ0v) is 16.1. The molecule has 7 nitrogen and oxygen atoms in total. The zero-order chi connectivity index (χ0) is 19.6. The molecule has 0 radical (unpaired) electrons. The number of aromatic nitrogens is 3. The second kappa shape index (κ2) is 7.59. The molecule has 1 aromatic heterocycles. The van der Waals surface area contributed by atoms with Gasteiger partial charge in [-0.15, -0.1) is 5.10 Å². The van der Waals surface area contributed by atoms with Crippen LogP contribution in [0.2, 0.25) is 0 Å². The van der Waals surface area contributed by atoms with Crippen molar-refractivity contribution in [2.45, 2.75) is 31.3 Å². The highest BCUT2D eigenvalue weighted by Crippen LogP contribution is 2.26. The Balaban J connectivity index is 1.37. The van der Waals surface area contributed by atoms with Gasteiger partial charge in [0.05, 0.1) is 31.5 Å². The average Bonchev–Trinajstić information content (AvgIpc) is 3.37. The van der Waals surface area contributed by atoms with E-state index < -0.39 is 0 Å². The molecule has 0 bridgehead atoms. The molecule has 1 aliphatic heterocycles. The number of carbonyl (C=O) groups excluding carboxylic acids is 1. The molecular weight excluding hydrogens is 354 g/mol. The summed E-state index contributed by atoms with van der Waals surface area (Å²) in [5.41, 5.74) is 0.995. The van der Waals surface area contributed by atoms with Crippen LogP contribution in [0.15, 0.2) is 54.9 Å². The SMILES string of the molecule is CC(C)(CNC(=O)N[C@H]1COC[C@H]1n1ccnn1)c1ccc2ccccc2c1. The Hall–Kier alpha value is -2.93. The number of rotatable bonds is 5. The van der Waals surface area contributed by atoms with Crippen molar-refractivity contribution in [2.24, 2.45) is 0 Å². The zero-order valence-electron chi connectivity index (χ0n) is 16.1. The highest BCUT2D eigenvalue weighted by Gasteiger charge is 2.32. The second-order valence-corrected chi connectivity index (χ2v) is 7.87. The molecule has 2 atom stereocenters. The summed E-state index contributed by atoms with van der Waals surface area (Å²) in [5, 5.41) is 16.3. The second-order valence-electron chi connectivity index (χ2n) is 7.87. The number of hydrogen-bond acceptors (Lipinski definition) is 4. The summed E-state index contributed by atoms with van der Waals surface area (Å²) in [6, 6.07) is 14.4. The summed E-state index contributed by atoms with van der Waals surface area (Å²) in [6.07, 6.45) is 3.41. The number of carbonyl (C=O) groups is 1. The number of hydrogen-bond donors (Lipinski definition) is 2. The van der Waals surface area contributed by atoms with Gasteiger partial charge >= 0.3 is 6.03 Å². The van der Waals surface area contributed by atoms with E-state index in [9.17, 15) is 4.79 Å². The first-order chi connectivity index (χ1) is 13.5. The van der Waals surface area contributed by atoms with E-state index in [0.717, 1.165) is 0 Å². The number of amides is 2. The molecular formula is C21H25N5O2. The van der Waals surface area contributed by atoms with Crippen molar-refractivity contribution >= 4 is 16.8 Å². The van der Waals surface area contributed by atoms with Crippen LogP contribution in [0.1, 0.15) is 25.5 Å². The third kappa shape index (κ3) is 3.84. The first kappa shape index (κ1) is 18.4. The van der Waals surface area contributed by atoms with Crippen molar-refractivity contribution in [1.29, 1.82) is 0 Å². The lowest BCUT2D eigenvalue weighted by molar-refractivity contribution is 0.180. The van der Waals surface area contributed by atoms with Crippen LogP contribution >= 0.6 is 0 Å². The molecule has 0 spiro atoms. The van der Waals surface area contributed by atoms with E-state index in [0.29, 0.717) is 19.8 Å². The van der Waals surface area contributed by atoms with Gasteiger partial charge in [-0.25, -0.2) is 9.48 Å². The minimum absolute atomic E-state index is 0.0400. The number of urea groups is 1. The van der Waals surface area contributed by atoms with Gasteiger partial charge in [-0.1, -0.05) is 61.5 Å². The summed E-state index contributed by atoms with van der Waals surface area (Å²) in [6.45, 7) is 5.77. The molecule has 2 heterocycles. The molecule has 0 saturated carbocycles. The maximum atomic E-state index is 12.5. The Morgan fingerprint density at radius 3 is 2.82 bits per heavy atom. The standard InChI is InChI=1S/C21H25N5O2/c1-21(2,17-8-7-15-5-3-4-6-16(15)11-17)14-22-20(27)24-18-12-28-13-19(18)26-10-9-23-25-26/h3-11,18-19H,12-14H2,1-2H3,(H2,22,24,27)/t18-,19+/m0/s1. The van der Waals surface area contributed by atoms with Gasteiger partial charge in [-0.05, 0) is 16.3 Å². The van der Waals surface area contributed by atoms with Gasteiger partial charge in [-0.2, -0.15) is 0 Å². The summed E-state index contributed by atoms with van der Waals surface area (Å²) in [5.74, 6) is 0. The topological polar surface area (TPSA) is 81.1 Å². The van der Waals surface area contributed by atoms with E-state index in [4.69, 9.17) is 4.74 Å². The quantitative estimate of drug-likeness (QED) is 0.714. The lowest BCUT2D eigenvalue weighted by Gasteiger charge is -2.27. The van der Waals surface area contributed by atoms with Crippen LogP contribution in [0, 0.1) is 0 Å². The lowest BCUT2D eigenvalue weighted by Crippen LogP contribution is -2.48. The number of ether oxygens (including phenoxy) is 1. The first-order valence-corrected chi connectivity index (χ1v) is 9.50. The van der Waals surface area contributed by atoms with Gasteiger partial charge in [0.1, 0.15) is 0 Å². The van der Waals surface area contributed by atoms with Crippen molar-refractivity contribution in [2.75, 3.05) is 19.8 Å². The van der Waals surface area contributed by atoms with Crippen LogP contribution in [-0.4, -0.2) is 46.8 Å². The highest BCUT2D eigenvalue weighted by atomic mass is 16.5. The van der Waals surface area contributed by atoms with Crippen LogP contribution in [0.25, 0.3) is 10.8 Å². The van der Waals surface area contributed by atoms with Crippen LogP contribution in [0.5, 0.6) is 0 Å². The number of nitrogens with zero attached hydrogens (tertiary/aromatic N) is 3. The van der Waals surface area contributed by atoms with Crippen LogP contribution in [0.3, 0.4) is 0 Å². The molecule has 1 saturated heterocycles. The number of nitrogens with one attached hydrogen (secondary N) is 2. The first-order valence-electron chi connectivity index (χ1n) is 9.50. The lowest BCUT2D eigenvalue weighted by atomic mass is 9.83. The normalized spacial score (nSPS) is 19.6. The fraction of sp³-hybridized carbons (Fsp3) is 0.381. The van der Waals surface area contributed by atoms with Gasteiger partial charge in [0.25, 0.3) is 0 Å². The molecule has 2 aromatic carbocycles. The number of benzene rings is 2. The molecule has 0 aliphatic carbocycles. The maximum Gasteiger partial charge on any atom is 0.315 e. The van der Waals surface area contributed by atoms with Crippen LogP contribution < -0.4 is 10.6 Å². The van der Waals surface area contributed by atoms with Crippen molar-refractivity contribution in [3.63, 3.8) is 0 Å². The van der Waals surface area contributed by atoms with E-state index in [-0.39, 0.29) is 23.5 Å². The third-order valence-electron chi connectivity index (χ3n) is 5.37. The summed E-state index contributed by atoms with van der Waals surface area (Å²) < 4.78 is 7.25. The monoisotopic (exact) mass is 379 g/mol. The molecule has 2 amide bonds. The van der Waals surface area contributed by atoms with Gasteiger partial charge in [0.15, 0.2) is 0 Å². The smallest absolute Gasteiger partial charge is 0.315 e. The van der Waals surface area contributed by atoms with E-state index in [2.05, 4.69) is 65.1 Å². The summed E-state index contributed by atoms with van der Waals surface area (Å²) >= 11 is 0. The Bertz CT molecular complexity index is 954. The predicted octanol–water partition coefficient (Wildman–Crippen LogP) is 2.65. The molecule has 1 fully saturated rings. The van der Waals surface area contributed by atoms with Crippen molar-refractivity contribution < 1.29 is 9.53 Å².